The van der Waals surface area contributed by atoms with E-state index in [-0.39, 0.29) is 24.3 Å². The Labute approximate surface area is 133 Å². The molecule has 0 radical (unpaired) electrons. The third kappa shape index (κ3) is 3.39. The van der Waals surface area contributed by atoms with Crippen molar-refractivity contribution in [2.75, 3.05) is 18.9 Å². The van der Waals surface area contributed by atoms with Crippen LogP contribution in [0, 0.1) is 11.7 Å². The van der Waals surface area contributed by atoms with Gasteiger partial charge < -0.3 is 5.11 Å². The first-order valence-corrected chi connectivity index (χ1v) is 8.04. The van der Waals surface area contributed by atoms with Crippen molar-refractivity contribution in [3.8, 4) is 0 Å². The van der Waals surface area contributed by atoms with Gasteiger partial charge in [0.05, 0.1) is 17.1 Å². The Bertz CT molecular complexity index is 610. The Kier molecular flexibility index (Phi) is 5.37. The molecule has 1 heterocycles. The SMILES string of the molecule is CC(C)CN1C(=O)C(SCCO)=C(c2ccc(F)cc2)C1=O. The maximum absolute atomic E-state index is 13.1. The Hall–Kier alpha value is -1.66. The van der Waals surface area contributed by atoms with E-state index in [0.717, 1.165) is 11.8 Å². The molecule has 1 N–H and O–H groups in total. The molecule has 0 saturated heterocycles. The lowest BCUT2D eigenvalue weighted by atomic mass is 10.1. The van der Waals surface area contributed by atoms with Gasteiger partial charge in [0.1, 0.15) is 5.82 Å². The average Bonchev–Trinajstić information content (AvgIpc) is 2.70. The molecule has 1 aromatic carbocycles. The van der Waals surface area contributed by atoms with Crippen LogP contribution in [0.4, 0.5) is 4.39 Å². The van der Waals surface area contributed by atoms with Crippen LogP contribution in [0.5, 0.6) is 0 Å². The van der Waals surface area contributed by atoms with Crippen LogP contribution in [-0.2, 0) is 9.59 Å². The zero-order valence-electron chi connectivity index (χ0n) is 12.5. The van der Waals surface area contributed by atoms with Gasteiger partial charge in [-0.05, 0) is 23.6 Å². The molecule has 0 fully saturated rings. The minimum atomic E-state index is -0.398. The fraction of sp³-hybridized carbons (Fsp3) is 0.375. The molecule has 118 valence electrons. The number of carbonyl (C=O) groups excluding carboxylic acids is 2. The first kappa shape index (κ1) is 16.7. The number of hydrogen-bond donors (Lipinski definition) is 1. The van der Waals surface area contributed by atoms with Gasteiger partial charge in [-0.15, -0.1) is 11.8 Å². The van der Waals surface area contributed by atoms with Crippen LogP contribution in [0.1, 0.15) is 19.4 Å². The number of carbonyl (C=O) groups is 2. The maximum atomic E-state index is 13.1. The predicted octanol–water partition coefficient (Wildman–Crippen LogP) is 2.29. The summed E-state index contributed by atoms with van der Waals surface area (Å²) in [4.78, 5) is 26.6. The molecule has 6 heteroatoms. The molecule has 1 aliphatic rings. The van der Waals surface area contributed by atoms with Crippen LogP contribution < -0.4 is 0 Å². The number of amides is 2. The maximum Gasteiger partial charge on any atom is 0.267 e. The van der Waals surface area contributed by atoms with E-state index in [1.54, 1.807) is 0 Å². The highest BCUT2D eigenvalue weighted by Gasteiger charge is 2.39. The molecule has 0 aliphatic carbocycles. The molecular weight excluding hydrogens is 305 g/mol. The number of nitrogens with zero attached hydrogens (tertiary/aromatic N) is 1. The molecule has 0 atom stereocenters. The first-order chi connectivity index (χ1) is 10.5. The highest BCUT2D eigenvalue weighted by molar-refractivity contribution is 8.04. The minimum absolute atomic E-state index is 0.0868. The fourth-order valence-corrected chi connectivity index (χ4v) is 3.12. The van der Waals surface area contributed by atoms with Crippen LogP contribution in [0.3, 0.4) is 0 Å². The summed E-state index contributed by atoms with van der Waals surface area (Å²) >= 11 is 1.16. The number of rotatable bonds is 6. The Morgan fingerprint density at radius 1 is 1.18 bits per heavy atom. The number of aliphatic hydroxyl groups is 1. The van der Waals surface area contributed by atoms with Crippen LogP contribution >= 0.6 is 11.8 Å². The van der Waals surface area contributed by atoms with Crippen molar-refractivity contribution in [2.45, 2.75) is 13.8 Å². The first-order valence-electron chi connectivity index (χ1n) is 7.05. The summed E-state index contributed by atoms with van der Waals surface area (Å²) in [6.45, 7) is 4.11. The third-order valence-corrected chi connectivity index (χ3v) is 4.20. The lowest BCUT2D eigenvalue weighted by molar-refractivity contribution is -0.137. The monoisotopic (exact) mass is 323 g/mol. The fourth-order valence-electron chi connectivity index (χ4n) is 2.24. The van der Waals surface area contributed by atoms with Crippen molar-refractivity contribution in [3.63, 3.8) is 0 Å². The number of imide groups is 1. The van der Waals surface area contributed by atoms with E-state index in [1.165, 1.54) is 29.2 Å². The topological polar surface area (TPSA) is 57.6 Å². The number of hydrogen-bond acceptors (Lipinski definition) is 4. The number of halogens is 1. The molecule has 0 spiro atoms. The molecule has 0 unspecified atom stereocenters. The van der Waals surface area contributed by atoms with Crippen molar-refractivity contribution in [3.05, 3.63) is 40.6 Å². The zero-order chi connectivity index (χ0) is 16.3. The minimum Gasteiger partial charge on any atom is -0.396 e. The molecule has 1 aromatic rings. The summed E-state index contributed by atoms with van der Waals surface area (Å²) in [7, 11) is 0. The van der Waals surface area contributed by atoms with Gasteiger partial charge in [-0.2, -0.15) is 0 Å². The van der Waals surface area contributed by atoms with Crippen molar-refractivity contribution < 1.29 is 19.1 Å². The van der Waals surface area contributed by atoms with E-state index in [4.69, 9.17) is 5.11 Å². The van der Waals surface area contributed by atoms with Crippen molar-refractivity contribution >= 4 is 29.1 Å². The van der Waals surface area contributed by atoms with Crippen LogP contribution in [0.25, 0.3) is 5.57 Å². The van der Waals surface area contributed by atoms with Crippen molar-refractivity contribution in [1.29, 1.82) is 0 Å². The van der Waals surface area contributed by atoms with E-state index in [9.17, 15) is 14.0 Å². The van der Waals surface area contributed by atoms with Gasteiger partial charge in [-0.1, -0.05) is 26.0 Å². The predicted molar refractivity (Wildman–Crippen MR) is 84.4 cm³/mol. The van der Waals surface area contributed by atoms with Gasteiger partial charge >= 0.3 is 0 Å². The number of thioether (sulfide) groups is 1. The summed E-state index contributed by atoms with van der Waals surface area (Å²) in [5.74, 6) is -0.606. The van der Waals surface area contributed by atoms with Gasteiger partial charge in [0, 0.05) is 12.3 Å². The lowest BCUT2D eigenvalue weighted by Gasteiger charge is -2.17. The normalized spacial score (nSPS) is 15.4. The Morgan fingerprint density at radius 3 is 2.36 bits per heavy atom. The van der Waals surface area contributed by atoms with Crippen LogP contribution in [0.2, 0.25) is 0 Å². The second-order valence-corrected chi connectivity index (χ2v) is 6.50. The van der Waals surface area contributed by atoms with E-state index in [2.05, 4.69) is 0 Å². The largest absolute Gasteiger partial charge is 0.396 e. The lowest BCUT2D eigenvalue weighted by Crippen LogP contribution is -2.34. The Balaban J connectivity index is 2.42. The summed E-state index contributed by atoms with van der Waals surface area (Å²) in [5, 5.41) is 8.98. The van der Waals surface area contributed by atoms with Crippen LogP contribution in [-0.4, -0.2) is 40.7 Å². The second-order valence-electron chi connectivity index (χ2n) is 5.40. The molecule has 1 aliphatic heterocycles. The molecule has 0 saturated carbocycles. The highest BCUT2D eigenvalue weighted by Crippen LogP contribution is 2.36. The summed E-state index contributed by atoms with van der Waals surface area (Å²) in [5.41, 5.74) is 0.815. The Morgan fingerprint density at radius 2 is 1.82 bits per heavy atom. The standard InChI is InChI=1S/C16H18FNO3S/c1-10(2)9-18-15(20)13(11-3-5-12(17)6-4-11)14(16(18)21)22-8-7-19/h3-6,10,19H,7-9H2,1-2H3. The number of aliphatic hydroxyl groups excluding tert-OH is 1. The van der Waals surface area contributed by atoms with Crippen molar-refractivity contribution in [1.82, 2.24) is 4.90 Å². The molecule has 0 bridgehead atoms. The van der Waals surface area contributed by atoms with Crippen LogP contribution in [0.15, 0.2) is 29.2 Å². The quantitative estimate of drug-likeness (QED) is 0.816. The molecule has 2 rings (SSSR count). The summed E-state index contributed by atoms with van der Waals surface area (Å²) in [6.07, 6.45) is 0. The zero-order valence-corrected chi connectivity index (χ0v) is 13.3. The van der Waals surface area contributed by atoms with Gasteiger partial charge in [-0.25, -0.2) is 4.39 Å². The molecular formula is C16H18FNO3S. The van der Waals surface area contributed by atoms with Gasteiger partial charge in [0.15, 0.2) is 0 Å². The second kappa shape index (κ2) is 7.07. The molecule has 22 heavy (non-hydrogen) atoms. The molecule has 4 nitrogen and oxygen atoms in total. The van der Waals surface area contributed by atoms with E-state index in [1.807, 2.05) is 13.8 Å². The summed E-state index contributed by atoms with van der Waals surface area (Å²) < 4.78 is 13.1. The average molecular weight is 323 g/mol. The summed E-state index contributed by atoms with van der Waals surface area (Å²) in [6, 6.07) is 5.52. The van der Waals surface area contributed by atoms with Gasteiger partial charge in [0.2, 0.25) is 0 Å². The van der Waals surface area contributed by atoms with Gasteiger partial charge in [-0.3, -0.25) is 14.5 Å². The van der Waals surface area contributed by atoms with E-state index in [0.29, 0.717) is 28.3 Å². The highest BCUT2D eigenvalue weighted by atomic mass is 32.2. The number of benzene rings is 1. The molecule has 0 aromatic heterocycles. The third-order valence-electron chi connectivity index (χ3n) is 3.14. The van der Waals surface area contributed by atoms with E-state index < -0.39 is 5.82 Å². The van der Waals surface area contributed by atoms with E-state index >= 15 is 0 Å². The van der Waals surface area contributed by atoms with Crippen molar-refractivity contribution in [2.24, 2.45) is 5.92 Å². The molecule has 2 amide bonds. The van der Waals surface area contributed by atoms with Gasteiger partial charge in [0.25, 0.3) is 11.8 Å². The smallest absolute Gasteiger partial charge is 0.267 e.